The number of aromatic nitrogens is 1. The molecule has 0 aliphatic carbocycles. The first-order chi connectivity index (χ1) is 17.9. The zero-order valence-electron chi connectivity index (χ0n) is 20.9. The van der Waals surface area contributed by atoms with Crippen LogP contribution in [0.25, 0.3) is 10.8 Å². The second-order valence-corrected chi connectivity index (χ2v) is 8.65. The van der Waals surface area contributed by atoms with Crippen LogP contribution in [0.5, 0.6) is 0 Å². The van der Waals surface area contributed by atoms with Crippen LogP contribution in [-0.4, -0.2) is 41.1 Å². The van der Waals surface area contributed by atoms with Gasteiger partial charge in [0.05, 0.1) is 6.04 Å². The molecule has 0 bridgehead atoms. The van der Waals surface area contributed by atoms with Crippen molar-refractivity contribution in [3.8, 4) is 0 Å². The van der Waals surface area contributed by atoms with Gasteiger partial charge in [0.2, 0.25) is 0 Å². The third-order valence-corrected chi connectivity index (χ3v) is 6.35. The highest BCUT2D eigenvalue weighted by atomic mass is 16.3. The van der Waals surface area contributed by atoms with Crippen molar-refractivity contribution in [3.63, 3.8) is 0 Å². The van der Waals surface area contributed by atoms with E-state index >= 15 is 0 Å². The maximum Gasteiger partial charge on any atom is 0.255 e. The smallest absolute Gasteiger partial charge is 0.255 e. The zero-order valence-corrected chi connectivity index (χ0v) is 20.9. The van der Waals surface area contributed by atoms with Crippen LogP contribution in [0.2, 0.25) is 0 Å². The lowest BCUT2D eigenvalue weighted by molar-refractivity contribution is -0.125. The van der Waals surface area contributed by atoms with Gasteiger partial charge in [0.25, 0.3) is 11.8 Å². The van der Waals surface area contributed by atoms with Crippen LogP contribution in [0.3, 0.4) is 0 Å². The van der Waals surface area contributed by atoms with E-state index in [0.29, 0.717) is 22.6 Å². The van der Waals surface area contributed by atoms with Gasteiger partial charge in [0, 0.05) is 41.6 Å². The molecular weight excluding hydrogens is 466 g/mol. The molecule has 0 unspecified atom stereocenters. The number of hydrogen-bond donors (Lipinski definition) is 4. The van der Waals surface area contributed by atoms with E-state index in [4.69, 9.17) is 5.73 Å². The molecule has 1 aromatic heterocycles. The number of nitrogens with one attached hydrogen (secondary N) is 2. The van der Waals surface area contributed by atoms with Gasteiger partial charge >= 0.3 is 0 Å². The Hall–Kier alpha value is -4.43. The molecule has 190 valence electrons. The summed E-state index contributed by atoms with van der Waals surface area (Å²) in [4.78, 5) is 32.5. The van der Waals surface area contributed by atoms with Gasteiger partial charge in [-0.15, -0.1) is 0 Å². The number of carbonyl (C=O) groups is 2. The number of nitrogens with two attached hydrogens (primary N) is 1. The van der Waals surface area contributed by atoms with Gasteiger partial charge in [0.1, 0.15) is 5.82 Å². The van der Waals surface area contributed by atoms with Crippen molar-refractivity contribution in [1.29, 1.82) is 0 Å². The summed E-state index contributed by atoms with van der Waals surface area (Å²) in [6, 6.07) is 22.2. The van der Waals surface area contributed by atoms with Crippen LogP contribution in [0, 0.1) is 0 Å². The Morgan fingerprint density at radius 1 is 0.973 bits per heavy atom. The lowest BCUT2D eigenvalue weighted by atomic mass is 9.99. The molecule has 8 heteroatoms. The fourth-order valence-electron chi connectivity index (χ4n) is 4.29. The van der Waals surface area contributed by atoms with Crippen molar-refractivity contribution < 1.29 is 14.7 Å². The highest BCUT2D eigenvalue weighted by Gasteiger charge is 2.29. The number of carbonyl (C=O) groups excluding carboxylic acids is 2. The number of amides is 2. The highest BCUT2D eigenvalue weighted by molar-refractivity contribution is 6.00. The minimum atomic E-state index is -1.54. The quantitative estimate of drug-likeness (QED) is 0.276. The van der Waals surface area contributed by atoms with Gasteiger partial charge in [-0.3, -0.25) is 9.59 Å². The van der Waals surface area contributed by atoms with Crippen LogP contribution >= 0.6 is 0 Å². The molecule has 0 aliphatic heterocycles. The largest absolute Gasteiger partial charge is 0.383 e. The van der Waals surface area contributed by atoms with E-state index in [-0.39, 0.29) is 5.91 Å². The van der Waals surface area contributed by atoms with Crippen molar-refractivity contribution in [2.45, 2.75) is 26.0 Å². The Balaban J connectivity index is 1.53. The number of anilines is 3. The van der Waals surface area contributed by atoms with Gasteiger partial charge in [-0.1, -0.05) is 30.3 Å². The number of nitrogen functional groups attached to an aromatic ring is 1. The van der Waals surface area contributed by atoms with Gasteiger partial charge in [-0.2, -0.15) is 0 Å². The summed E-state index contributed by atoms with van der Waals surface area (Å²) >= 11 is 0. The molecule has 5 N–H and O–H groups in total. The molecule has 8 nitrogen and oxygen atoms in total. The standard InChI is InChI=1S/C29H31N5O3/c1-3-34(4-2)23-13-10-20(11-14-23)28(36)33-25(19-8-6-5-7-9-19)26(35)29(37)32-22-12-15-24-21(18-22)16-17-31-27(24)30/h5-18,25-26,35H,3-4H2,1-2H3,(H2,30,31)(H,32,37)(H,33,36)/t25-,26+/m0/s1. The second-order valence-electron chi connectivity index (χ2n) is 8.65. The lowest BCUT2D eigenvalue weighted by Crippen LogP contribution is -2.42. The Morgan fingerprint density at radius 2 is 1.68 bits per heavy atom. The van der Waals surface area contributed by atoms with E-state index in [1.165, 1.54) is 0 Å². The number of aliphatic hydroxyl groups is 1. The van der Waals surface area contributed by atoms with Gasteiger partial charge in [-0.25, -0.2) is 4.98 Å². The van der Waals surface area contributed by atoms with Gasteiger partial charge < -0.3 is 26.4 Å². The SMILES string of the molecule is CCN(CC)c1ccc(C(=O)N[C@@H](c2ccccc2)[C@@H](O)C(=O)Nc2ccc3c(N)nccc3c2)cc1. The molecule has 0 radical (unpaired) electrons. The summed E-state index contributed by atoms with van der Waals surface area (Å²) < 4.78 is 0. The summed E-state index contributed by atoms with van der Waals surface area (Å²) in [5.41, 5.74) is 8.47. The number of pyridine rings is 1. The topological polar surface area (TPSA) is 121 Å². The van der Waals surface area contributed by atoms with Crippen LogP contribution < -0.4 is 21.3 Å². The molecule has 4 rings (SSSR count). The van der Waals surface area contributed by atoms with Gasteiger partial charge in [0.15, 0.2) is 6.10 Å². The van der Waals surface area contributed by atoms with Crippen LogP contribution in [0.1, 0.15) is 35.8 Å². The average molecular weight is 498 g/mol. The Kier molecular flexibility index (Phi) is 8.00. The second kappa shape index (κ2) is 11.5. The molecular formula is C29H31N5O3. The Bertz CT molecular complexity index is 1370. The van der Waals surface area contributed by atoms with E-state index in [2.05, 4.69) is 34.4 Å². The number of hydrogen-bond acceptors (Lipinski definition) is 6. The molecule has 2 atom stereocenters. The van der Waals surface area contributed by atoms with Crippen molar-refractivity contribution in [2.24, 2.45) is 0 Å². The van der Waals surface area contributed by atoms with E-state index in [1.54, 1.807) is 66.9 Å². The number of rotatable bonds is 9. The first-order valence-corrected chi connectivity index (χ1v) is 12.2. The maximum absolute atomic E-state index is 13.1. The number of benzene rings is 3. The molecule has 37 heavy (non-hydrogen) atoms. The summed E-state index contributed by atoms with van der Waals surface area (Å²) in [5.74, 6) is -0.639. The predicted octanol–water partition coefficient (Wildman–Crippen LogP) is 4.13. The minimum absolute atomic E-state index is 0.388. The normalized spacial score (nSPS) is 12.5. The number of nitrogens with zero attached hydrogens (tertiary/aromatic N) is 2. The van der Waals surface area contributed by atoms with Gasteiger partial charge in [-0.05, 0) is 73.3 Å². The molecule has 4 aromatic rings. The molecule has 0 saturated carbocycles. The predicted molar refractivity (Wildman–Crippen MR) is 147 cm³/mol. The highest BCUT2D eigenvalue weighted by Crippen LogP contribution is 2.24. The summed E-state index contributed by atoms with van der Waals surface area (Å²) in [7, 11) is 0. The van der Waals surface area contributed by atoms with Crippen molar-refractivity contribution in [1.82, 2.24) is 10.3 Å². The van der Waals surface area contributed by atoms with E-state index < -0.39 is 18.1 Å². The maximum atomic E-state index is 13.1. The first-order valence-electron chi connectivity index (χ1n) is 12.2. The van der Waals surface area contributed by atoms with Crippen molar-refractivity contribution in [3.05, 3.63) is 96.2 Å². The first kappa shape index (κ1) is 25.7. The summed E-state index contributed by atoms with van der Waals surface area (Å²) in [6.45, 7) is 5.87. The molecule has 0 fully saturated rings. The number of aliphatic hydroxyl groups excluding tert-OH is 1. The summed E-state index contributed by atoms with van der Waals surface area (Å²) in [5, 5.41) is 18.2. The lowest BCUT2D eigenvalue weighted by Gasteiger charge is -2.25. The third-order valence-electron chi connectivity index (χ3n) is 6.35. The molecule has 2 amide bonds. The molecule has 3 aromatic carbocycles. The molecule has 1 heterocycles. The fourth-order valence-corrected chi connectivity index (χ4v) is 4.29. The van der Waals surface area contributed by atoms with Crippen LogP contribution in [-0.2, 0) is 4.79 Å². The van der Waals surface area contributed by atoms with Crippen LogP contribution in [0.15, 0.2) is 85.1 Å². The van der Waals surface area contributed by atoms with E-state index in [9.17, 15) is 14.7 Å². The summed E-state index contributed by atoms with van der Waals surface area (Å²) in [6.07, 6.45) is 0.0488. The van der Waals surface area contributed by atoms with Crippen molar-refractivity contribution >= 4 is 39.8 Å². The van der Waals surface area contributed by atoms with Crippen molar-refractivity contribution in [2.75, 3.05) is 29.0 Å². The number of fused-ring (bicyclic) bond motifs is 1. The van der Waals surface area contributed by atoms with E-state index in [0.717, 1.165) is 29.5 Å². The van der Waals surface area contributed by atoms with Crippen LogP contribution in [0.4, 0.5) is 17.2 Å². The molecule has 0 aliphatic rings. The fraction of sp³-hybridized carbons (Fsp3) is 0.207. The third kappa shape index (κ3) is 5.87. The van der Waals surface area contributed by atoms with E-state index in [1.807, 2.05) is 18.2 Å². The Labute approximate surface area is 216 Å². The minimum Gasteiger partial charge on any atom is -0.383 e. The Morgan fingerprint density at radius 3 is 2.35 bits per heavy atom. The zero-order chi connectivity index (χ0) is 26.4. The molecule has 0 saturated heterocycles. The molecule has 0 spiro atoms. The average Bonchev–Trinajstić information content (AvgIpc) is 2.93. The monoisotopic (exact) mass is 497 g/mol.